The minimum Gasteiger partial charge on any atom is -0.398 e. The van der Waals surface area contributed by atoms with Gasteiger partial charge in [-0.3, -0.25) is 4.79 Å². The van der Waals surface area contributed by atoms with Gasteiger partial charge in [-0.1, -0.05) is 24.3 Å². The number of halogens is 1. The molecule has 0 fully saturated rings. The maximum absolute atomic E-state index is 13.1. The molecule has 0 saturated heterocycles. The first-order chi connectivity index (χ1) is 14.0. The SMILES string of the molecule is Cc1nn(-c2ccccc2)c(C)c1NC(=O)C(C)N1CCCc2c(N)cccc21.Cl. The molecule has 0 bridgehead atoms. The van der Waals surface area contributed by atoms with Crippen LogP contribution in [-0.2, 0) is 11.2 Å². The summed E-state index contributed by atoms with van der Waals surface area (Å²) in [6.07, 6.45) is 1.94. The van der Waals surface area contributed by atoms with Crippen molar-refractivity contribution in [2.24, 2.45) is 0 Å². The van der Waals surface area contributed by atoms with E-state index in [0.717, 1.165) is 59.1 Å². The minimum absolute atomic E-state index is 0. The van der Waals surface area contributed by atoms with Crippen LogP contribution in [0.2, 0.25) is 0 Å². The monoisotopic (exact) mass is 425 g/mol. The van der Waals surface area contributed by atoms with Crippen LogP contribution in [-0.4, -0.2) is 28.3 Å². The number of hydrogen-bond donors (Lipinski definition) is 2. The molecule has 0 spiro atoms. The molecule has 4 rings (SSSR count). The van der Waals surface area contributed by atoms with E-state index in [0.29, 0.717) is 0 Å². The molecule has 1 aliphatic heterocycles. The van der Waals surface area contributed by atoms with Crippen molar-refractivity contribution in [2.45, 2.75) is 39.7 Å². The number of nitrogens with one attached hydrogen (secondary N) is 1. The number of aryl methyl sites for hydroxylation is 1. The van der Waals surface area contributed by atoms with Crippen LogP contribution in [0, 0.1) is 13.8 Å². The number of amides is 1. The summed E-state index contributed by atoms with van der Waals surface area (Å²) in [4.78, 5) is 15.3. The fraction of sp³-hybridized carbons (Fsp3) is 0.304. The number of benzene rings is 2. The number of nitrogens with two attached hydrogens (primary N) is 1. The van der Waals surface area contributed by atoms with Gasteiger partial charge in [-0.25, -0.2) is 4.68 Å². The Labute approximate surface area is 183 Å². The standard InChI is InChI=1S/C23H27N5O.ClH/c1-15-22(16(2)28(26-15)18-9-5-4-6-10-18)25-23(29)17(3)27-14-8-11-19-20(24)12-7-13-21(19)27;/h4-7,9-10,12-13,17H,8,11,14,24H2,1-3H3,(H,25,29);1H. The predicted molar refractivity (Wildman–Crippen MR) is 125 cm³/mol. The normalized spacial score (nSPS) is 13.9. The lowest BCUT2D eigenvalue weighted by molar-refractivity contribution is -0.117. The van der Waals surface area contributed by atoms with E-state index in [1.54, 1.807) is 0 Å². The second-order valence-corrected chi connectivity index (χ2v) is 7.60. The molecule has 2 aromatic carbocycles. The first kappa shape index (κ1) is 21.7. The van der Waals surface area contributed by atoms with Crippen LogP contribution in [0.3, 0.4) is 0 Å². The molecule has 0 saturated carbocycles. The van der Waals surface area contributed by atoms with Crippen molar-refractivity contribution in [1.82, 2.24) is 9.78 Å². The highest BCUT2D eigenvalue weighted by atomic mass is 35.5. The van der Waals surface area contributed by atoms with E-state index in [1.807, 2.05) is 67.9 Å². The van der Waals surface area contributed by atoms with Gasteiger partial charge in [0.2, 0.25) is 5.91 Å². The molecular formula is C23H28ClN5O. The van der Waals surface area contributed by atoms with Gasteiger partial charge < -0.3 is 16.0 Å². The summed E-state index contributed by atoms with van der Waals surface area (Å²) in [6, 6.07) is 15.6. The first-order valence-electron chi connectivity index (χ1n) is 10.0. The molecule has 3 aromatic rings. The van der Waals surface area contributed by atoms with Crippen LogP contribution < -0.4 is 16.0 Å². The molecule has 7 heteroatoms. The number of aromatic nitrogens is 2. The third-order valence-corrected chi connectivity index (χ3v) is 5.71. The Morgan fingerprint density at radius 3 is 2.60 bits per heavy atom. The maximum atomic E-state index is 13.1. The summed E-state index contributed by atoms with van der Waals surface area (Å²) in [5, 5.41) is 7.74. The molecule has 30 heavy (non-hydrogen) atoms. The van der Waals surface area contributed by atoms with E-state index >= 15 is 0 Å². The van der Waals surface area contributed by atoms with Crippen molar-refractivity contribution >= 4 is 35.4 Å². The number of hydrogen-bond acceptors (Lipinski definition) is 4. The number of carbonyl (C=O) groups is 1. The largest absolute Gasteiger partial charge is 0.398 e. The first-order valence-corrected chi connectivity index (χ1v) is 10.0. The smallest absolute Gasteiger partial charge is 0.246 e. The van der Waals surface area contributed by atoms with E-state index in [4.69, 9.17) is 5.73 Å². The Bertz CT molecular complexity index is 1050. The molecule has 1 atom stereocenters. The third kappa shape index (κ3) is 3.87. The molecule has 0 aliphatic carbocycles. The van der Waals surface area contributed by atoms with Crippen LogP contribution in [0.15, 0.2) is 48.5 Å². The lowest BCUT2D eigenvalue weighted by Crippen LogP contribution is -2.45. The Kier molecular flexibility index (Phi) is 6.37. The van der Waals surface area contributed by atoms with Crippen molar-refractivity contribution < 1.29 is 4.79 Å². The summed E-state index contributed by atoms with van der Waals surface area (Å²) in [6.45, 7) is 6.68. The quantitative estimate of drug-likeness (QED) is 0.612. The molecule has 1 aliphatic rings. The van der Waals surface area contributed by atoms with Gasteiger partial charge in [-0.2, -0.15) is 5.10 Å². The second-order valence-electron chi connectivity index (χ2n) is 7.60. The fourth-order valence-electron chi connectivity index (χ4n) is 4.10. The third-order valence-electron chi connectivity index (χ3n) is 5.71. The van der Waals surface area contributed by atoms with Gasteiger partial charge in [0.1, 0.15) is 6.04 Å². The lowest BCUT2D eigenvalue weighted by atomic mass is 9.98. The molecule has 2 heterocycles. The van der Waals surface area contributed by atoms with Crippen molar-refractivity contribution in [3.63, 3.8) is 0 Å². The fourth-order valence-corrected chi connectivity index (χ4v) is 4.10. The van der Waals surface area contributed by atoms with Gasteiger partial charge in [0.15, 0.2) is 0 Å². The van der Waals surface area contributed by atoms with E-state index in [-0.39, 0.29) is 24.4 Å². The van der Waals surface area contributed by atoms with Crippen LogP contribution in [0.25, 0.3) is 5.69 Å². The number of nitrogens with zero attached hydrogens (tertiary/aromatic N) is 3. The molecule has 1 aromatic heterocycles. The number of carbonyl (C=O) groups excluding carboxylic acids is 1. The van der Waals surface area contributed by atoms with Gasteiger partial charge in [0.25, 0.3) is 0 Å². The summed E-state index contributed by atoms with van der Waals surface area (Å²) < 4.78 is 1.87. The van der Waals surface area contributed by atoms with Crippen LogP contribution in [0.1, 0.15) is 30.3 Å². The zero-order valence-electron chi connectivity index (χ0n) is 17.6. The Morgan fingerprint density at radius 2 is 1.87 bits per heavy atom. The van der Waals surface area contributed by atoms with Gasteiger partial charge >= 0.3 is 0 Å². The Hall–Kier alpha value is -2.99. The summed E-state index contributed by atoms with van der Waals surface area (Å²) >= 11 is 0. The average Bonchev–Trinajstić information content (AvgIpc) is 3.02. The molecule has 1 unspecified atom stereocenters. The lowest BCUT2D eigenvalue weighted by Gasteiger charge is -2.36. The van der Waals surface area contributed by atoms with Gasteiger partial charge in [-0.15, -0.1) is 12.4 Å². The van der Waals surface area contributed by atoms with Gasteiger partial charge in [0, 0.05) is 17.9 Å². The number of rotatable bonds is 4. The molecule has 1 amide bonds. The van der Waals surface area contributed by atoms with Crippen molar-refractivity contribution in [1.29, 1.82) is 0 Å². The number of nitrogen functional groups attached to an aromatic ring is 1. The Balaban J connectivity index is 0.00000256. The highest BCUT2D eigenvalue weighted by Gasteiger charge is 2.28. The van der Waals surface area contributed by atoms with E-state index in [1.165, 1.54) is 0 Å². The summed E-state index contributed by atoms with van der Waals surface area (Å²) in [5.74, 6) is -0.0425. The van der Waals surface area contributed by atoms with Crippen molar-refractivity contribution in [3.05, 3.63) is 65.5 Å². The molecule has 6 nitrogen and oxygen atoms in total. The number of para-hydroxylation sites is 1. The van der Waals surface area contributed by atoms with E-state index in [2.05, 4.69) is 21.4 Å². The van der Waals surface area contributed by atoms with Crippen LogP contribution >= 0.6 is 12.4 Å². The summed E-state index contributed by atoms with van der Waals surface area (Å²) in [7, 11) is 0. The van der Waals surface area contributed by atoms with E-state index in [9.17, 15) is 4.79 Å². The van der Waals surface area contributed by atoms with Crippen LogP contribution in [0.4, 0.5) is 17.1 Å². The molecule has 0 radical (unpaired) electrons. The maximum Gasteiger partial charge on any atom is 0.246 e. The second kappa shape index (κ2) is 8.79. The zero-order valence-corrected chi connectivity index (χ0v) is 18.4. The zero-order chi connectivity index (χ0) is 20.5. The average molecular weight is 426 g/mol. The van der Waals surface area contributed by atoms with Crippen molar-refractivity contribution in [3.8, 4) is 5.69 Å². The topological polar surface area (TPSA) is 76.2 Å². The van der Waals surface area contributed by atoms with Crippen LogP contribution in [0.5, 0.6) is 0 Å². The van der Waals surface area contributed by atoms with Gasteiger partial charge in [0.05, 0.1) is 22.8 Å². The van der Waals surface area contributed by atoms with Gasteiger partial charge in [-0.05, 0) is 63.4 Å². The highest BCUT2D eigenvalue weighted by molar-refractivity contribution is 5.98. The Morgan fingerprint density at radius 1 is 1.13 bits per heavy atom. The van der Waals surface area contributed by atoms with Crippen molar-refractivity contribution in [2.75, 3.05) is 22.5 Å². The van der Waals surface area contributed by atoms with E-state index < -0.39 is 0 Å². The molecule has 3 N–H and O–H groups in total. The summed E-state index contributed by atoms with van der Waals surface area (Å²) in [5.41, 5.74) is 12.6. The molecule has 158 valence electrons. The molecular weight excluding hydrogens is 398 g/mol. The number of anilines is 3. The number of fused-ring (bicyclic) bond motifs is 1. The predicted octanol–water partition coefficient (Wildman–Crippen LogP) is 4.27. The minimum atomic E-state index is -0.310. The highest BCUT2D eigenvalue weighted by Crippen LogP contribution is 2.33.